The number of thioether (sulfide) groups is 1. The van der Waals surface area contributed by atoms with Crippen LogP contribution in [-0.2, 0) is 19.5 Å². The van der Waals surface area contributed by atoms with Crippen LogP contribution in [0.3, 0.4) is 0 Å². The second-order valence-electron chi connectivity index (χ2n) is 5.40. The monoisotopic (exact) mass is 314 g/mol. The fraction of sp³-hybridized carbons (Fsp3) is 0.421. The molecule has 0 saturated carbocycles. The van der Waals surface area contributed by atoms with E-state index in [-0.39, 0.29) is 0 Å². The zero-order chi connectivity index (χ0) is 15.6. The van der Waals surface area contributed by atoms with E-state index in [9.17, 15) is 0 Å². The predicted molar refractivity (Wildman–Crippen MR) is 97.2 cm³/mol. The number of benzene rings is 1. The molecule has 0 fully saturated rings. The summed E-state index contributed by atoms with van der Waals surface area (Å²) in [6.45, 7) is 7.40. The summed E-state index contributed by atoms with van der Waals surface area (Å²) in [7, 11) is 0. The average Bonchev–Trinajstić information content (AvgIpc) is 2.56. The standard InChI is InChI=1S/C19H26N2S/c1-3-17-10-11-19(20-14-17)16-21(12-13-22-4-2)15-18-8-6-5-7-9-18/h5-11,14H,3-4,12-13,15-16H2,1-2H3. The van der Waals surface area contributed by atoms with Crippen LogP contribution in [0.2, 0.25) is 0 Å². The molecular formula is C19H26N2S. The van der Waals surface area contributed by atoms with Crippen LogP contribution in [0, 0.1) is 0 Å². The maximum atomic E-state index is 4.61. The largest absolute Gasteiger partial charge is 0.292 e. The fourth-order valence-corrected chi connectivity index (χ4v) is 3.06. The van der Waals surface area contributed by atoms with Crippen LogP contribution in [0.25, 0.3) is 0 Å². The summed E-state index contributed by atoms with van der Waals surface area (Å²) >= 11 is 2.00. The van der Waals surface area contributed by atoms with Crippen molar-refractivity contribution in [3.05, 3.63) is 65.5 Å². The van der Waals surface area contributed by atoms with Crippen molar-refractivity contribution in [2.45, 2.75) is 33.4 Å². The van der Waals surface area contributed by atoms with E-state index in [4.69, 9.17) is 0 Å². The summed E-state index contributed by atoms with van der Waals surface area (Å²) in [5, 5.41) is 0. The maximum Gasteiger partial charge on any atom is 0.0544 e. The Labute approximate surface area is 139 Å². The molecule has 0 saturated heterocycles. The third-order valence-electron chi connectivity index (χ3n) is 3.68. The molecule has 0 radical (unpaired) electrons. The first-order chi connectivity index (χ1) is 10.8. The highest BCUT2D eigenvalue weighted by molar-refractivity contribution is 7.99. The van der Waals surface area contributed by atoms with Crippen LogP contribution >= 0.6 is 11.8 Å². The minimum Gasteiger partial charge on any atom is -0.292 e. The van der Waals surface area contributed by atoms with E-state index in [2.05, 4.69) is 66.2 Å². The van der Waals surface area contributed by atoms with Crippen LogP contribution in [0.1, 0.15) is 30.7 Å². The molecule has 0 aliphatic heterocycles. The minimum absolute atomic E-state index is 0.920. The van der Waals surface area contributed by atoms with Crippen molar-refractivity contribution < 1.29 is 0 Å². The molecule has 0 bridgehead atoms. The fourth-order valence-electron chi connectivity index (χ4n) is 2.38. The smallest absolute Gasteiger partial charge is 0.0544 e. The Morgan fingerprint density at radius 3 is 2.41 bits per heavy atom. The number of hydrogen-bond donors (Lipinski definition) is 0. The number of pyridine rings is 1. The van der Waals surface area contributed by atoms with Gasteiger partial charge in [-0.15, -0.1) is 0 Å². The van der Waals surface area contributed by atoms with E-state index in [1.54, 1.807) is 0 Å². The highest BCUT2D eigenvalue weighted by Gasteiger charge is 2.08. The number of aryl methyl sites for hydroxylation is 1. The third kappa shape index (κ3) is 5.82. The lowest BCUT2D eigenvalue weighted by Crippen LogP contribution is -2.26. The summed E-state index contributed by atoms with van der Waals surface area (Å²) in [4.78, 5) is 7.10. The normalized spacial score (nSPS) is 11.0. The second-order valence-corrected chi connectivity index (χ2v) is 6.80. The predicted octanol–water partition coefficient (Wildman–Crippen LogP) is 4.40. The molecule has 1 aromatic carbocycles. The minimum atomic E-state index is 0.920. The van der Waals surface area contributed by atoms with Gasteiger partial charge in [-0.1, -0.05) is 50.2 Å². The molecule has 2 rings (SSSR count). The van der Waals surface area contributed by atoms with Gasteiger partial charge in [0.05, 0.1) is 5.69 Å². The number of nitrogens with zero attached hydrogens (tertiary/aromatic N) is 2. The van der Waals surface area contributed by atoms with Crippen molar-refractivity contribution in [2.75, 3.05) is 18.1 Å². The molecule has 3 heteroatoms. The summed E-state index contributed by atoms with van der Waals surface area (Å²) in [6.07, 6.45) is 3.06. The van der Waals surface area contributed by atoms with Crippen molar-refractivity contribution in [1.29, 1.82) is 0 Å². The quantitative estimate of drug-likeness (QED) is 0.638. The first-order valence-electron chi connectivity index (χ1n) is 8.09. The molecule has 2 nitrogen and oxygen atoms in total. The first kappa shape index (κ1) is 17.0. The van der Waals surface area contributed by atoms with Crippen LogP contribution in [0.15, 0.2) is 48.7 Å². The Bertz CT molecular complexity index is 525. The zero-order valence-corrected chi connectivity index (χ0v) is 14.5. The molecule has 0 spiro atoms. The molecular weight excluding hydrogens is 288 g/mol. The summed E-state index contributed by atoms with van der Waals surface area (Å²) < 4.78 is 0. The molecule has 0 aliphatic carbocycles. The molecule has 2 aromatic rings. The van der Waals surface area contributed by atoms with Crippen molar-refractivity contribution in [2.24, 2.45) is 0 Å². The Kier molecular flexibility index (Phi) is 7.47. The van der Waals surface area contributed by atoms with E-state index in [1.165, 1.54) is 22.6 Å². The molecule has 1 heterocycles. The zero-order valence-electron chi connectivity index (χ0n) is 13.7. The molecule has 0 atom stereocenters. The Morgan fingerprint density at radius 1 is 0.955 bits per heavy atom. The van der Waals surface area contributed by atoms with Gasteiger partial charge in [0.2, 0.25) is 0 Å². The van der Waals surface area contributed by atoms with Crippen molar-refractivity contribution in [3.63, 3.8) is 0 Å². The van der Waals surface area contributed by atoms with Crippen molar-refractivity contribution in [1.82, 2.24) is 9.88 Å². The van der Waals surface area contributed by atoms with Crippen LogP contribution < -0.4 is 0 Å². The summed E-state index contributed by atoms with van der Waals surface area (Å²) in [5.74, 6) is 2.36. The number of aromatic nitrogens is 1. The van der Waals surface area contributed by atoms with Crippen molar-refractivity contribution >= 4 is 11.8 Å². The first-order valence-corrected chi connectivity index (χ1v) is 9.25. The number of hydrogen-bond acceptors (Lipinski definition) is 3. The lowest BCUT2D eigenvalue weighted by molar-refractivity contribution is 0.270. The summed E-state index contributed by atoms with van der Waals surface area (Å²) in [6, 6.07) is 15.1. The molecule has 0 N–H and O–H groups in total. The second kappa shape index (κ2) is 9.65. The molecule has 0 aliphatic rings. The van der Waals surface area contributed by atoms with Gasteiger partial charge in [-0.05, 0) is 29.4 Å². The van der Waals surface area contributed by atoms with Gasteiger partial charge in [-0.2, -0.15) is 11.8 Å². The van der Waals surface area contributed by atoms with Crippen LogP contribution in [0.4, 0.5) is 0 Å². The lowest BCUT2D eigenvalue weighted by atomic mass is 10.2. The lowest BCUT2D eigenvalue weighted by Gasteiger charge is -2.22. The maximum absolute atomic E-state index is 4.61. The Balaban J connectivity index is 1.99. The van der Waals surface area contributed by atoms with Gasteiger partial charge in [0, 0.05) is 31.6 Å². The molecule has 0 unspecified atom stereocenters. The SMILES string of the molecule is CCSCCN(Cc1ccccc1)Cc1ccc(CC)cn1. The van der Waals surface area contributed by atoms with Gasteiger partial charge in [-0.25, -0.2) is 0 Å². The molecule has 1 aromatic heterocycles. The van der Waals surface area contributed by atoms with Gasteiger partial charge in [0.1, 0.15) is 0 Å². The van der Waals surface area contributed by atoms with Gasteiger partial charge >= 0.3 is 0 Å². The van der Waals surface area contributed by atoms with Gasteiger partial charge < -0.3 is 0 Å². The van der Waals surface area contributed by atoms with Crippen LogP contribution in [-0.4, -0.2) is 27.9 Å². The van der Waals surface area contributed by atoms with E-state index < -0.39 is 0 Å². The molecule has 22 heavy (non-hydrogen) atoms. The van der Waals surface area contributed by atoms with Gasteiger partial charge in [-0.3, -0.25) is 9.88 Å². The van der Waals surface area contributed by atoms with Crippen molar-refractivity contribution in [3.8, 4) is 0 Å². The molecule has 118 valence electrons. The number of rotatable bonds is 9. The Morgan fingerprint density at radius 2 is 1.77 bits per heavy atom. The third-order valence-corrected chi connectivity index (χ3v) is 4.56. The highest BCUT2D eigenvalue weighted by atomic mass is 32.2. The Hall–Kier alpha value is -1.32. The van der Waals surface area contributed by atoms with Gasteiger partial charge in [0.25, 0.3) is 0 Å². The van der Waals surface area contributed by atoms with E-state index in [0.717, 1.165) is 31.7 Å². The summed E-state index contributed by atoms with van der Waals surface area (Å²) in [5.41, 5.74) is 3.84. The average molecular weight is 314 g/mol. The van der Waals surface area contributed by atoms with Crippen LogP contribution in [0.5, 0.6) is 0 Å². The highest BCUT2D eigenvalue weighted by Crippen LogP contribution is 2.11. The van der Waals surface area contributed by atoms with E-state index >= 15 is 0 Å². The molecule has 0 amide bonds. The van der Waals surface area contributed by atoms with Gasteiger partial charge in [0.15, 0.2) is 0 Å². The topological polar surface area (TPSA) is 16.1 Å². The van der Waals surface area contributed by atoms with E-state index in [1.807, 2.05) is 18.0 Å². The van der Waals surface area contributed by atoms with E-state index in [0.29, 0.717) is 0 Å².